The second-order valence-corrected chi connectivity index (χ2v) is 6.38. The van der Waals surface area contributed by atoms with Crippen molar-refractivity contribution in [1.29, 1.82) is 0 Å². The summed E-state index contributed by atoms with van der Waals surface area (Å²) in [5.41, 5.74) is 9.83. The number of primary amides is 1. The highest BCUT2D eigenvalue weighted by atomic mass is 32.1. The van der Waals surface area contributed by atoms with E-state index < -0.39 is 5.91 Å². The van der Waals surface area contributed by atoms with Gasteiger partial charge in [0.15, 0.2) is 0 Å². The molecule has 0 unspecified atom stereocenters. The molecule has 0 atom stereocenters. The maximum absolute atomic E-state index is 11.5. The lowest BCUT2D eigenvalue weighted by molar-refractivity contribution is 0.100. The first-order chi connectivity index (χ1) is 11.7. The van der Waals surface area contributed by atoms with Gasteiger partial charge in [-0.25, -0.2) is 4.98 Å². The zero-order valence-electron chi connectivity index (χ0n) is 12.6. The van der Waals surface area contributed by atoms with Gasteiger partial charge in [-0.15, -0.1) is 11.3 Å². The van der Waals surface area contributed by atoms with Gasteiger partial charge in [-0.05, 0) is 35.4 Å². The van der Waals surface area contributed by atoms with E-state index in [0.717, 1.165) is 26.4 Å². The summed E-state index contributed by atoms with van der Waals surface area (Å²) in [6.07, 6.45) is 3.56. The van der Waals surface area contributed by atoms with Crippen LogP contribution in [0, 0.1) is 0 Å². The summed E-state index contributed by atoms with van der Waals surface area (Å²) < 4.78 is 0.958. The number of thiazole rings is 1. The summed E-state index contributed by atoms with van der Waals surface area (Å²) >= 11 is 1.55. The molecule has 0 saturated carbocycles. The van der Waals surface area contributed by atoms with Gasteiger partial charge in [0.2, 0.25) is 0 Å². The number of hydrogen-bond acceptors (Lipinski definition) is 4. The Morgan fingerprint density at radius 1 is 0.875 bits per heavy atom. The average molecular weight is 331 g/mol. The molecule has 2 N–H and O–H groups in total. The van der Waals surface area contributed by atoms with Crippen LogP contribution in [0.4, 0.5) is 0 Å². The Labute approximate surface area is 142 Å². The number of nitrogens with zero attached hydrogens (tertiary/aromatic N) is 2. The van der Waals surface area contributed by atoms with E-state index in [4.69, 9.17) is 5.73 Å². The molecule has 2 heterocycles. The fraction of sp³-hybridized carbons (Fsp3) is 0. The molecule has 0 aliphatic rings. The minimum Gasteiger partial charge on any atom is -0.366 e. The van der Waals surface area contributed by atoms with Crippen LogP contribution in [-0.4, -0.2) is 15.9 Å². The number of aromatic nitrogens is 2. The van der Waals surface area contributed by atoms with Gasteiger partial charge in [0.1, 0.15) is 5.01 Å². The highest BCUT2D eigenvalue weighted by molar-refractivity contribution is 7.21. The van der Waals surface area contributed by atoms with E-state index >= 15 is 0 Å². The molecular weight excluding hydrogens is 318 g/mol. The predicted octanol–water partition coefficient (Wildman–Crippen LogP) is 4.12. The van der Waals surface area contributed by atoms with Crippen LogP contribution in [0.2, 0.25) is 0 Å². The molecule has 0 radical (unpaired) electrons. The van der Waals surface area contributed by atoms with Gasteiger partial charge in [-0.1, -0.05) is 30.3 Å². The lowest BCUT2D eigenvalue weighted by Crippen LogP contribution is -2.11. The van der Waals surface area contributed by atoms with Crippen molar-refractivity contribution in [1.82, 2.24) is 9.97 Å². The number of amides is 1. The first-order valence-corrected chi connectivity index (χ1v) is 8.24. The fourth-order valence-electron chi connectivity index (χ4n) is 2.62. The number of fused-ring (bicyclic) bond motifs is 1. The molecule has 0 aliphatic carbocycles. The van der Waals surface area contributed by atoms with Crippen LogP contribution in [0.25, 0.3) is 31.9 Å². The molecular formula is C19H13N3OS. The van der Waals surface area contributed by atoms with Crippen molar-refractivity contribution in [3.63, 3.8) is 0 Å². The smallest absolute Gasteiger partial charge is 0.250 e. The maximum atomic E-state index is 11.5. The summed E-state index contributed by atoms with van der Waals surface area (Å²) in [5, 5.41) is 0.875. The molecule has 4 aromatic rings. The van der Waals surface area contributed by atoms with Crippen LogP contribution in [0.3, 0.4) is 0 Å². The topological polar surface area (TPSA) is 68.9 Å². The van der Waals surface area contributed by atoms with Gasteiger partial charge in [0.25, 0.3) is 5.91 Å². The number of rotatable bonds is 3. The summed E-state index contributed by atoms with van der Waals surface area (Å²) in [7, 11) is 0. The molecule has 0 aliphatic heterocycles. The van der Waals surface area contributed by atoms with Crippen LogP contribution < -0.4 is 5.73 Å². The normalized spacial score (nSPS) is 10.8. The predicted molar refractivity (Wildman–Crippen MR) is 96.8 cm³/mol. The molecule has 0 fully saturated rings. The highest BCUT2D eigenvalue weighted by Crippen LogP contribution is 2.32. The third-order valence-electron chi connectivity index (χ3n) is 3.83. The molecule has 0 saturated heterocycles. The monoisotopic (exact) mass is 331 g/mol. The molecule has 4 rings (SSSR count). The largest absolute Gasteiger partial charge is 0.366 e. The van der Waals surface area contributed by atoms with Crippen LogP contribution in [0.1, 0.15) is 10.4 Å². The second-order valence-electron chi connectivity index (χ2n) is 5.35. The van der Waals surface area contributed by atoms with Crippen LogP contribution in [-0.2, 0) is 0 Å². The van der Waals surface area contributed by atoms with E-state index in [2.05, 4.69) is 22.1 Å². The second kappa shape index (κ2) is 5.86. The number of carbonyl (C=O) groups excluding carboxylic acids is 1. The fourth-order valence-corrected chi connectivity index (χ4v) is 3.62. The van der Waals surface area contributed by atoms with Crippen LogP contribution in [0.15, 0.2) is 67.0 Å². The summed E-state index contributed by atoms with van der Waals surface area (Å²) in [4.78, 5) is 20.2. The standard InChI is InChI=1S/C19H13N3OS/c20-18(23)15-2-1-3-16-17(15)22-19(24-16)14-6-4-12(5-7-14)13-8-10-21-11-9-13/h1-11H,(H2,20,23). The number of para-hydroxylation sites is 1. The van der Waals surface area contributed by atoms with Crippen molar-refractivity contribution in [2.75, 3.05) is 0 Å². The van der Waals surface area contributed by atoms with Crippen LogP contribution >= 0.6 is 11.3 Å². The van der Waals surface area contributed by atoms with E-state index in [9.17, 15) is 4.79 Å². The molecule has 4 nitrogen and oxygen atoms in total. The van der Waals surface area contributed by atoms with Crippen molar-refractivity contribution in [2.24, 2.45) is 5.73 Å². The summed E-state index contributed by atoms with van der Waals surface area (Å²) in [6.45, 7) is 0. The maximum Gasteiger partial charge on any atom is 0.250 e. The molecule has 2 aromatic carbocycles. The van der Waals surface area contributed by atoms with Crippen molar-refractivity contribution in [3.05, 3.63) is 72.6 Å². The molecule has 0 spiro atoms. The number of nitrogens with two attached hydrogens (primary N) is 1. The van der Waals surface area contributed by atoms with Gasteiger partial charge in [0.05, 0.1) is 15.8 Å². The van der Waals surface area contributed by atoms with E-state index in [1.54, 1.807) is 29.8 Å². The number of hydrogen-bond donors (Lipinski definition) is 1. The van der Waals surface area contributed by atoms with E-state index in [-0.39, 0.29) is 0 Å². The van der Waals surface area contributed by atoms with Gasteiger partial charge >= 0.3 is 0 Å². The Morgan fingerprint density at radius 2 is 1.54 bits per heavy atom. The number of pyridine rings is 1. The zero-order chi connectivity index (χ0) is 16.5. The quantitative estimate of drug-likeness (QED) is 0.614. The Hall–Kier alpha value is -3.05. The first-order valence-electron chi connectivity index (χ1n) is 7.42. The van der Waals surface area contributed by atoms with Gasteiger partial charge in [-0.2, -0.15) is 0 Å². The van der Waals surface area contributed by atoms with E-state index in [0.29, 0.717) is 11.1 Å². The number of benzene rings is 2. The lowest BCUT2D eigenvalue weighted by atomic mass is 10.1. The molecule has 5 heteroatoms. The van der Waals surface area contributed by atoms with Gasteiger partial charge in [0, 0.05) is 18.0 Å². The molecule has 2 aromatic heterocycles. The Morgan fingerprint density at radius 3 is 2.25 bits per heavy atom. The number of carbonyl (C=O) groups is 1. The van der Waals surface area contributed by atoms with Gasteiger partial charge < -0.3 is 5.73 Å². The third-order valence-corrected chi connectivity index (χ3v) is 4.90. The van der Waals surface area contributed by atoms with E-state index in [1.165, 1.54) is 0 Å². The molecule has 24 heavy (non-hydrogen) atoms. The summed E-state index contributed by atoms with van der Waals surface area (Å²) in [6, 6.07) is 17.6. The summed E-state index contributed by atoms with van der Waals surface area (Å²) in [5.74, 6) is -0.453. The lowest BCUT2D eigenvalue weighted by Gasteiger charge is -2.02. The van der Waals surface area contributed by atoms with Crippen LogP contribution in [0.5, 0.6) is 0 Å². The third kappa shape index (κ3) is 2.55. The van der Waals surface area contributed by atoms with E-state index in [1.807, 2.05) is 36.4 Å². The van der Waals surface area contributed by atoms with Crippen molar-refractivity contribution >= 4 is 27.5 Å². The molecule has 0 bridgehead atoms. The van der Waals surface area contributed by atoms with Crippen molar-refractivity contribution in [3.8, 4) is 21.7 Å². The molecule has 1 amide bonds. The Balaban J connectivity index is 1.75. The minimum atomic E-state index is -0.453. The highest BCUT2D eigenvalue weighted by Gasteiger charge is 2.12. The average Bonchev–Trinajstić information content (AvgIpc) is 3.06. The SMILES string of the molecule is NC(=O)c1cccc2sc(-c3ccc(-c4ccncc4)cc3)nc12. The molecule has 116 valence electrons. The zero-order valence-corrected chi connectivity index (χ0v) is 13.5. The Bertz CT molecular complexity index is 1020. The van der Waals surface area contributed by atoms with Crippen molar-refractivity contribution < 1.29 is 4.79 Å². The Kier molecular flexibility index (Phi) is 3.55. The first kappa shape index (κ1) is 14.5. The van der Waals surface area contributed by atoms with Crippen molar-refractivity contribution in [2.45, 2.75) is 0 Å². The minimum absolute atomic E-state index is 0.453. The van der Waals surface area contributed by atoms with Gasteiger partial charge in [-0.3, -0.25) is 9.78 Å².